The highest BCUT2D eigenvalue weighted by molar-refractivity contribution is 4.85. The van der Waals surface area contributed by atoms with Gasteiger partial charge in [0.15, 0.2) is 0 Å². The summed E-state index contributed by atoms with van der Waals surface area (Å²) in [5.74, 6) is 0.899. The molecule has 2 fully saturated rings. The van der Waals surface area contributed by atoms with Crippen molar-refractivity contribution >= 4 is 0 Å². The normalized spacial score (nSPS) is 31.7. The highest BCUT2D eigenvalue weighted by Crippen LogP contribution is 2.22. The van der Waals surface area contributed by atoms with Gasteiger partial charge in [0.25, 0.3) is 0 Å². The van der Waals surface area contributed by atoms with Crippen LogP contribution in [-0.4, -0.2) is 72.1 Å². The predicted molar refractivity (Wildman–Crippen MR) is 82.6 cm³/mol. The summed E-state index contributed by atoms with van der Waals surface area (Å²) in [5, 5.41) is 0. The van der Waals surface area contributed by atoms with Crippen molar-refractivity contribution in [2.45, 2.75) is 59.2 Å². The van der Waals surface area contributed by atoms with Crippen molar-refractivity contribution < 1.29 is 0 Å². The molecule has 0 amide bonds. The summed E-state index contributed by atoms with van der Waals surface area (Å²) in [6.45, 7) is 19.4. The van der Waals surface area contributed by atoms with Gasteiger partial charge < -0.3 is 4.90 Å². The number of hydrogen-bond acceptors (Lipinski definition) is 3. The number of rotatable bonds is 4. The third kappa shape index (κ3) is 3.93. The molecule has 3 nitrogen and oxygen atoms in total. The topological polar surface area (TPSA) is 9.72 Å². The van der Waals surface area contributed by atoms with Gasteiger partial charge in [-0.25, -0.2) is 0 Å². The van der Waals surface area contributed by atoms with Gasteiger partial charge in [-0.05, 0) is 53.5 Å². The van der Waals surface area contributed by atoms with E-state index in [4.69, 9.17) is 0 Å². The fraction of sp³-hybridized carbons (Fsp3) is 1.00. The summed E-state index contributed by atoms with van der Waals surface area (Å²) in [5.41, 5.74) is 0. The Labute approximate surface area is 119 Å². The molecule has 0 aromatic heterocycles. The Bertz CT molecular complexity index is 277. The van der Waals surface area contributed by atoms with Crippen LogP contribution >= 0.6 is 0 Å². The molecule has 0 bridgehead atoms. The monoisotopic (exact) mass is 267 g/mol. The SMILES string of the molecule is CC(C)N1CC[C@@H](CN2CCN(C(C)C)C[C@@H]2C)C1. The van der Waals surface area contributed by atoms with Crippen LogP contribution in [0.3, 0.4) is 0 Å². The van der Waals surface area contributed by atoms with Crippen LogP contribution in [0.15, 0.2) is 0 Å². The zero-order chi connectivity index (χ0) is 14.0. The lowest BCUT2D eigenvalue weighted by Gasteiger charge is -2.42. The van der Waals surface area contributed by atoms with Gasteiger partial charge in [0.2, 0.25) is 0 Å². The van der Waals surface area contributed by atoms with Gasteiger partial charge in [-0.3, -0.25) is 9.80 Å². The molecule has 2 aliphatic heterocycles. The highest BCUT2D eigenvalue weighted by Gasteiger charge is 2.30. The maximum Gasteiger partial charge on any atom is 0.0195 e. The van der Waals surface area contributed by atoms with E-state index >= 15 is 0 Å². The molecule has 2 rings (SSSR count). The third-order valence-electron chi connectivity index (χ3n) is 5.07. The van der Waals surface area contributed by atoms with E-state index in [2.05, 4.69) is 49.3 Å². The Morgan fingerprint density at radius 2 is 1.53 bits per heavy atom. The van der Waals surface area contributed by atoms with E-state index in [1.807, 2.05) is 0 Å². The average molecular weight is 267 g/mol. The molecule has 19 heavy (non-hydrogen) atoms. The lowest BCUT2D eigenvalue weighted by Crippen LogP contribution is -2.54. The first-order chi connectivity index (χ1) is 8.97. The van der Waals surface area contributed by atoms with E-state index in [1.165, 1.54) is 45.7 Å². The van der Waals surface area contributed by atoms with Crippen LogP contribution in [0.5, 0.6) is 0 Å². The Balaban J connectivity index is 1.78. The Morgan fingerprint density at radius 3 is 2.05 bits per heavy atom. The number of hydrogen-bond donors (Lipinski definition) is 0. The Hall–Kier alpha value is -0.120. The van der Waals surface area contributed by atoms with Crippen LogP contribution < -0.4 is 0 Å². The molecule has 0 saturated carbocycles. The van der Waals surface area contributed by atoms with Crippen LogP contribution in [-0.2, 0) is 0 Å². The van der Waals surface area contributed by atoms with Crippen molar-refractivity contribution in [2.75, 3.05) is 39.3 Å². The molecule has 3 heteroatoms. The minimum absolute atomic E-state index is 0.701. The van der Waals surface area contributed by atoms with Crippen molar-refractivity contribution in [1.82, 2.24) is 14.7 Å². The lowest BCUT2D eigenvalue weighted by molar-refractivity contribution is 0.0543. The second kappa shape index (κ2) is 6.55. The number of piperazine rings is 1. The van der Waals surface area contributed by atoms with E-state index in [-0.39, 0.29) is 0 Å². The molecule has 0 spiro atoms. The van der Waals surface area contributed by atoms with Gasteiger partial charge >= 0.3 is 0 Å². The molecule has 0 aromatic rings. The first-order valence-corrected chi connectivity index (χ1v) is 8.19. The van der Waals surface area contributed by atoms with Crippen LogP contribution in [0.4, 0.5) is 0 Å². The smallest absolute Gasteiger partial charge is 0.0195 e. The zero-order valence-corrected chi connectivity index (χ0v) is 13.6. The summed E-state index contributed by atoms with van der Waals surface area (Å²) in [7, 11) is 0. The van der Waals surface area contributed by atoms with Crippen molar-refractivity contribution in [3.63, 3.8) is 0 Å². The summed E-state index contributed by atoms with van der Waals surface area (Å²) < 4.78 is 0. The molecule has 0 aliphatic carbocycles. The fourth-order valence-electron chi connectivity index (χ4n) is 3.58. The van der Waals surface area contributed by atoms with E-state index in [1.54, 1.807) is 0 Å². The second-order valence-electron chi connectivity index (χ2n) is 7.18. The molecule has 0 radical (unpaired) electrons. The summed E-state index contributed by atoms with van der Waals surface area (Å²) in [4.78, 5) is 7.99. The molecule has 0 unspecified atom stereocenters. The van der Waals surface area contributed by atoms with E-state index < -0.39 is 0 Å². The van der Waals surface area contributed by atoms with Gasteiger partial charge in [0, 0.05) is 50.8 Å². The predicted octanol–water partition coefficient (Wildman–Crippen LogP) is 2.13. The van der Waals surface area contributed by atoms with Crippen molar-refractivity contribution in [1.29, 1.82) is 0 Å². The first kappa shape index (κ1) is 15.3. The maximum absolute atomic E-state index is 2.73. The third-order valence-corrected chi connectivity index (χ3v) is 5.07. The minimum atomic E-state index is 0.701. The Kier molecular flexibility index (Phi) is 5.27. The molecular weight excluding hydrogens is 234 g/mol. The maximum atomic E-state index is 2.73. The Morgan fingerprint density at radius 1 is 0.895 bits per heavy atom. The summed E-state index contributed by atoms with van der Waals surface area (Å²) >= 11 is 0. The second-order valence-corrected chi connectivity index (χ2v) is 7.18. The zero-order valence-electron chi connectivity index (χ0n) is 13.6. The summed E-state index contributed by atoms with van der Waals surface area (Å²) in [6, 6.07) is 2.15. The standard InChI is InChI=1S/C16H33N3/c1-13(2)17-7-6-16(11-17)12-19-9-8-18(14(3)4)10-15(19)5/h13-16H,6-12H2,1-5H3/t15-,16+/m0/s1. The van der Waals surface area contributed by atoms with Gasteiger partial charge in [-0.15, -0.1) is 0 Å². The minimum Gasteiger partial charge on any atom is -0.301 e. The fourth-order valence-corrected chi connectivity index (χ4v) is 3.58. The molecule has 2 saturated heterocycles. The van der Waals surface area contributed by atoms with Crippen LogP contribution in [0.25, 0.3) is 0 Å². The molecule has 0 aromatic carbocycles. The highest BCUT2D eigenvalue weighted by atomic mass is 15.3. The van der Waals surface area contributed by atoms with E-state index in [0.29, 0.717) is 6.04 Å². The molecule has 112 valence electrons. The molecule has 2 atom stereocenters. The lowest BCUT2D eigenvalue weighted by atomic mass is 10.1. The molecule has 2 heterocycles. The number of nitrogens with zero attached hydrogens (tertiary/aromatic N) is 3. The molecule has 0 N–H and O–H groups in total. The quantitative estimate of drug-likeness (QED) is 0.772. The largest absolute Gasteiger partial charge is 0.301 e. The van der Waals surface area contributed by atoms with Crippen molar-refractivity contribution in [2.24, 2.45) is 5.92 Å². The van der Waals surface area contributed by atoms with Crippen LogP contribution in [0.1, 0.15) is 41.0 Å². The molecular formula is C16H33N3. The van der Waals surface area contributed by atoms with Crippen LogP contribution in [0, 0.1) is 5.92 Å². The van der Waals surface area contributed by atoms with Gasteiger partial charge in [-0.2, -0.15) is 0 Å². The van der Waals surface area contributed by atoms with E-state index in [9.17, 15) is 0 Å². The van der Waals surface area contributed by atoms with Crippen molar-refractivity contribution in [3.05, 3.63) is 0 Å². The van der Waals surface area contributed by atoms with Crippen molar-refractivity contribution in [3.8, 4) is 0 Å². The van der Waals surface area contributed by atoms with Gasteiger partial charge in [0.1, 0.15) is 0 Å². The van der Waals surface area contributed by atoms with E-state index in [0.717, 1.165) is 18.0 Å². The summed E-state index contributed by atoms with van der Waals surface area (Å²) in [6.07, 6.45) is 1.40. The first-order valence-electron chi connectivity index (χ1n) is 8.19. The average Bonchev–Trinajstić information content (AvgIpc) is 2.80. The van der Waals surface area contributed by atoms with Gasteiger partial charge in [-0.1, -0.05) is 0 Å². The molecule has 2 aliphatic rings. The number of likely N-dealkylation sites (tertiary alicyclic amines) is 1. The van der Waals surface area contributed by atoms with Crippen LogP contribution in [0.2, 0.25) is 0 Å². The van der Waals surface area contributed by atoms with Gasteiger partial charge in [0.05, 0.1) is 0 Å².